The molecule has 0 bridgehead atoms. The Bertz CT molecular complexity index is 861. The molecule has 0 saturated carbocycles. The van der Waals surface area contributed by atoms with Crippen LogP contribution in [-0.2, 0) is 16.4 Å². The normalized spacial score (nSPS) is 11.6. The van der Waals surface area contributed by atoms with Crippen molar-refractivity contribution in [3.63, 3.8) is 0 Å². The fourth-order valence-electron chi connectivity index (χ4n) is 2.22. The minimum absolute atomic E-state index is 0. The van der Waals surface area contributed by atoms with Crippen molar-refractivity contribution in [1.82, 2.24) is 15.6 Å². The molecule has 10 heteroatoms. The number of hydrogen-bond donors (Lipinski definition) is 2. The number of hydrogen-bond acceptors (Lipinski definition) is 6. The van der Waals surface area contributed by atoms with Gasteiger partial charge in [0, 0.05) is 17.7 Å². The summed E-state index contributed by atoms with van der Waals surface area (Å²) in [7, 11) is -3.19. The van der Waals surface area contributed by atoms with Gasteiger partial charge in [0.25, 0.3) is 0 Å². The summed E-state index contributed by atoms with van der Waals surface area (Å²) in [4.78, 5) is 10.5. The van der Waals surface area contributed by atoms with Crippen LogP contribution in [0.1, 0.15) is 22.5 Å². The second-order valence-electron chi connectivity index (χ2n) is 5.96. The number of nitrogens with zero attached hydrogens (tertiary/aromatic N) is 2. The van der Waals surface area contributed by atoms with E-state index in [0.717, 1.165) is 17.2 Å². The zero-order valence-corrected chi connectivity index (χ0v) is 20.4. The topological polar surface area (TPSA) is 92.7 Å². The first-order valence-corrected chi connectivity index (χ1v) is 11.4. The summed E-state index contributed by atoms with van der Waals surface area (Å²) in [5.41, 5.74) is 1.05. The number of nitrogens with one attached hydrogen (secondary N) is 2. The highest BCUT2D eigenvalue weighted by Crippen LogP contribution is 2.17. The summed E-state index contributed by atoms with van der Waals surface area (Å²) in [6, 6.07) is 6.40. The minimum Gasteiger partial charge on any atom is -0.492 e. The molecule has 2 rings (SSSR count). The smallest absolute Gasteiger partial charge is 0.191 e. The van der Waals surface area contributed by atoms with Crippen molar-refractivity contribution >= 4 is 51.1 Å². The van der Waals surface area contributed by atoms with E-state index >= 15 is 0 Å². The van der Waals surface area contributed by atoms with Crippen LogP contribution >= 0.6 is 35.3 Å². The van der Waals surface area contributed by atoms with Crippen molar-refractivity contribution in [2.45, 2.75) is 32.2 Å². The van der Waals surface area contributed by atoms with E-state index in [0.29, 0.717) is 31.4 Å². The third-order valence-electron chi connectivity index (χ3n) is 3.70. The maximum absolute atomic E-state index is 11.5. The molecule has 2 N–H and O–H groups in total. The highest BCUT2D eigenvalue weighted by molar-refractivity contribution is 14.0. The lowest BCUT2D eigenvalue weighted by atomic mass is 10.3. The molecule has 1 aromatic heterocycles. The first-order valence-electron chi connectivity index (χ1n) is 8.67. The van der Waals surface area contributed by atoms with Gasteiger partial charge in [0.15, 0.2) is 15.8 Å². The molecule has 0 spiro atoms. The number of aromatic nitrogens is 1. The standard InChI is InChI=1S/C18H26N4O3S2.HI/c1-5-19-18(21-12-17-22-13(2)14(3)26-17)20-10-11-25-15-6-8-16(9-7-15)27(4,23)24;/h6-9H,5,10-12H2,1-4H3,(H2,19,20,21);1H. The Morgan fingerprint density at radius 1 is 1.21 bits per heavy atom. The Balaban J connectivity index is 0.00000392. The van der Waals surface area contributed by atoms with E-state index in [2.05, 4.69) is 27.5 Å². The zero-order chi connectivity index (χ0) is 19.9. The number of aliphatic imine (C=N–C) groups is 1. The lowest BCUT2D eigenvalue weighted by Crippen LogP contribution is -2.39. The summed E-state index contributed by atoms with van der Waals surface area (Å²) < 4.78 is 28.5. The summed E-state index contributed by atoms with van der Waals surface area (Å²) in [5, 5.41) is 7.39. The molecule has 0 saturated heterocycles. The van der Waals surface area contributed by atoms with Gasteiger partial charge in [0.1, 0.15) is 17.4 Å². The molecule has 156 valence electrons. The number of ether oxygens (including phenoxy) is 1. The summed E-state index contributed by atoms with van der Waals surface area (Å²) in [5.74, 6) is 1.33. The highest BCUT2D eigenvalue weighted by atomic mass is 127. The number of thiazole rings is 1. The number of benzene rings is 1. The van der Waals surface area contributed by atoms with E-state index in [-0.39, 0.29) is 28.9 Å². The highest BCUT2D eigenvalue weighted by Gasteiger charge is 2.07. The molecule has 0 unspecified atom stereocenters. The minimum atomic E-state index is -3.19. The van der Waals surface area contributed by atoms with Crippen LogP contribution in [0, 0.1) is 13.8 Å². The van der Waals surface area contributed by atoms with Gasteiger partial charge in [-0.3, -0.25) is 0 Å². The molecular weight excluding hydrogens is 511 g/mol. The van der Waals surface area contributed by atoms with Crippen molar-refractivity contribution < 1.29 is 13.2 Å². The Labute approximate surface area is 188 Å². The average Bonchev–Trinajstić information content (AvgIpc) is 2.94. The number of sulfone groups is 1. The van der Waals surface area contributed by atoms with E-state index in [1.807, 2.05) is 13.8 Å². The largest absolute Gasteiger partial charge is 0.492 e. The predicted molar refractivity (Wildman–Crippen MR) is 125 cm³/mol. The van der Waals surface area contributed by atoms with Gasteiger partial charge >= 0.3 is 0 Å². The Morgan fingerprint density at radius 2 is 1.89 bits per heavy atom. The van der Waals surface area contributed by atoms with Gasteiger partial charge in [0.05, 0.1) is 23.7 Å². The molecular formula is C18H27IN4O3S2. The molecule has 1 heterocycles. The van der Waals surface area contributed by atoms with Gasteiger partial charge in [-0.2, -0.15) is 0 Å². The first kappa shape index (κ1) is 24.6. The zero-order valence-electron chi connectivity index (χ0n) is 16.5. The second kappa shape index (κ2) is 11.6. The molecule has 0 aliphatic carbocycles. The molecule has 7 nitrogen and oxygen atoms in total. The Morgan fingerprint density at radius 3 is 2.43 bits per heavy atom. The van der Waals surface area contributed by atoms with Gasteiger partial charge in [-0.15, -0.1) is 35.3 Å². The van der Waals surface area contributed by atoms with Crippen molar-refractivity contribution in [3.8, 4) is 5.75 Å². The number of guanidine groups is 1. The molecule has 0 fully saturated rings. The van der Waals surface area contributed by atoms with E-state index < -0.39 is 9.84 Å². The van der Waals surface area contributed by atoms with Crippen LogP contribution in [0.25, 0.3) is 0 Å². The maximum atomic E-state index is 11.5. The molecule has 0 aliphatic heterocycles. The Hall–Kier alpha value is -1.40. The van der Waals surface area contributed by atoms with Crippen LogP contribution in [-0.4, -0.2) is 45.3 Å². The van der Waals surface area contributed by atoms with Crippen LogP contribution in [0.3, 0.4) is 0 Å². The van der Waals surface area contributed by atoms with Crippen LogP contribution in [0.15, 0.2) is 34.2 Å². The molecule has 1 aromatic carbocycles. The van der Waals surface area contributed by atoms with E-state index in [1.54, 1.807) is 35.6 Å². The maximum Gasteiger partial charge on any atom is 0.191 e. The van der Waals surface area contributed by atoms with Crippen molar-refractivity contribution in [3.05, 3.63) is 39.8 Å². The molecule has 2 aromatic rings. The second-order valence-corrected chi connectivity index (χ2v) is 9.27. The number of halogens is 1. The monoisotopic (exact) mass is 538 g/mol. The Kier molecular flexibility index (Phi) is 10.2. The third-order valence-corrected chi connectivity index (χ3v) is 5.89. The molecule has 0 amide bonds. The summed E-state index contributed by atoms with van der Waals surface area (Å²) in [6.45, 7) is 8.35. The van der Waals surface area contributed by atoms with Crippen LogP contribution in [0.2, 0.25) is 0 Å². The van der Waals surface area contributed by atoms with E-state index in [4.69, 9.17) is 4.74 Å². The van der Waals surface area contributed by atoms with E-state index in [9.17, 15) is 8.42 Å². The van der Waals surface area contributed by atoms with Crippen LogP contribution in [0.4, 0.5) is 0 Å². The van der Waals surface area contributed by atoms with Crippen molar-refractivity contribution in [2.24, 2.45) is 4.99 Å². The quantitative estimate of drug-likeness (QED) is 0.233. The number of rotatable bonds is 8. The first-order chi connectivity index (χ1) is 12.8. The molecule has 0 radical (unpaired) electrons. The fraction of sp³-hybridized carbons (Fsp3) is 0.444. The van der Waals surface area contributed by atoms with Gasteiger partial charge in [-0.1, -0.05) is 0 Å². The third kappa shape index (κ3) is 7.92. The van der Waals surface area contributed by atoms with Crippen molar-refractivity contribution in [1.29, 1.82) is 0 Å². The van der Waals surface area contributed by atoms with Gasteiger partial charge in [0.2, 0.25) is 0 Å². The predicted octanol–water partition coefficient (Wildman–Crippen LogP) is 2.92. The summed E-state index contributed by atoms with van der Waals surface area (Å²) >= 11 is 1.66. The van der Waals surface area contributed by atoms with Gasteiger partial charge in [-0.25, -0.2) is 18.4 Å². The van der Waals surface area contributed by atoms with Crippen molar-refractivity contribution in [2.75, 3.05) is 26.0 Å². The average molecular weight is 538 g/mol. The number of aryl methyl sites for hydroxylation is 2. The lowest BCUT2D eigenvalue weighted by molar-refractivity contribution is 0.321. The molecule has 28 heavy (non-hydrogen) atoms. The molecule has 0 atom stereocenters. The summed E-state index contributed by atoms with van der Waals surface area (Å²) in [6.07, 6.45) is 1.18. The van der Waals surface area contributed by atoms with Gasteiger partial charge in [-0.05, 0) is 45.0 Å². The fourth-order valence-corrected chi connectivity index (χ4v) is 3.71. The lowest BCUT2D eigenvalue weighted by Gasteiger charge is -2.12. The van der Waals surface area contributed by atoms with E-state index in [1.165, 1.54) is 11.1 Å². The molecule has 0 aliphatic rings. The SMILES string of the molecule is CCNC(=NCc1nc(C)c(C)s1)NCCOc1ccc(S(C)(=O)=O)cc1.I. The van der Waals surface area contributed by atoms with Crippen LogP contribution < -0.4 is 15.4 Å². The van der Waals surface area contributed by atoms with Gasteiger partial charge < -0.3 is 15.4 Å². The van der Waals surface area contributed by atoms with Crippen LogP contribution in [0.5, 0.6) is 5.75 Å².